The van der Waals surface area contributed by atoms with Crippen LogP contribution >= 0.6 is 0 Å². The zero-order valence-electron chi connectivity index (χ0n) is 21.2. The van der Waals surface area contributed by atoms with Crippen molar-refractivity contribution in [3.63, 3.8) is 0 Å². The van der Waals surface area contributed by atoms with Crippen molar-refractivity contribution in [3.05, 3.63) is 79.3 Å². The highest BCUT2D eigenvalue weighted by Gasteiger charge is 2.31. The van der Waals surface area contributed by atoms with Crippen molar-refractivity contribution in [2.24, 2.45) is 7.05 Å². The first-order valence-electron chi connectivity index (χ1n) is 12.5. The van der Waals surface area contributed by atoms with Crippen LogP contribution in [0.3, 0.4) is 0 Å². The van der Waals surface area contributed by atoms with E-state index in [1.54, 1.807) is 36.7 Å². The van der Waals surface area contributed by atoms with Gasteiger partial charge in [-0.2, -0.15) is 4.31 Å². The van der Waals surface area contributed by atoms with E-state index in [4.69, 9.17) is 0 Å². The van der Waals surface area contributed by atoms with Crippen LogP contribution in [0, 0.1) is 0 Å². The van der Waals surface area contributed by atoms with E-state index in [0.717, 1.165) is 27.5 Å². The van der Waals surface area contributed by atoms with E-state index < -0.39 is 16.1 Å². The lowest BCUT2D eigenvalue weighted by Gasteiger charge is -2.32. The number of anilines is 2. The zero-order valence-corrected chi connectivity index (χ0v) is 22.0. The molecular weight excluding hydrogens is 516 g/mol. The van der Waals surface area contributed by atoms with Gasteiger partial charge in [-0.25, -0.2) is 13.2 Å². The first-order valence-corrected chi connectivity index (χ1v) is 13.9. The summed E-state index contributed by atoms with van der Waals surface area (Å²) in [7, 11) is -1.87. The summed E-state index contributed by atoms with van der Waals surface area (Å²) < 4.78 is 30.6. The highest BCUT2D eigenvalue weighted by atomic mass is 32.2. The summed E-state index contributed by atoms with van der Waals surface area (Å²) in [6.45, 7) is 0.450. The average Bonchev–Trinajstić information content (AvgIpc) is 3.32. The molecule has 0 bridgehead atoms. The second-order valence-electron chi connectivity index (χ2n) is 9.44. The predicted octanol–water partition coefficient (Wildman–Crippen LogP) is 4.52. The minimum Gasteiger partial charge on any atom is -0.465 e. The van der Waals surface area contributed by atoms with Gasteiger partial charge in [-0.3, -0.25) is 9.97 Å². The molecule has 11 heteroatoms. The molecule has 10 nitrogen and oxygen atoms in total. The third-order valence-corrected chi connectivity index (χ3v) is 9.02. The molecule has 5 aromatic rings. The Labute approximate surface area is 225 Å². The first kappa shape index (κ1) is 24.8. The van der Waals surface area contributed by atoms with Gasteiger partial charge in [0, 0.05) is 68.6 Å². The maximum atomic E-state index is 13.6. The first-order chi connectivity index (χ1) is 18.8. The summed E-state index contributed by atoms with van der Waals surface area (Å²) in [5.74, 6) is 0. The average molecular weight is 543 g/mol. The largest absolute Gasteiger partial charge is 0.465 e. The van der Waals surface area contributed by atoms with Gasteiger partial charge < -0.3 is 19.9 Å². The highest BCUT2D eigenvalue weighted by molar-refractivity contribution is 7.89. The number of fused-ring (bicyclic) bond motifs is 2. The highest BCUT2D eigenvalue weighted by Crippen LogP contribution is 2.35. The Kier molecular flexibility index (Phi) is 6.16. The molecule has 3 heterocycles. The van der Waals surface area contributed by atoms with Crippen LogP contribution in [0.15, 0.2) is 84.1 Å². The summed E-state index contributed by atoms with van der Waals surface area (Å²) >= 11 is 0. The maximum Gasteiger partial charge on any atom is 0.407 e. The lowest BCUT2D eigenvalue weighted by atomic mass is 10.0. The van der Waals surface area contributed by atoms with Crippen LogP contribution in [0.5, 0.6) is 0 Å². The molecule has 6 rings (SSSR count). The Morgan fingerprint density at radius 1 is 0.949 bits per heavy atom. The van der Waals surface area contributed by atoms with Crippen LogP contribution in [-0.4, -0.2) is 69.5 Å². The smallest absolute Gasteiger partial charge is 0.407 e. The van der Waals surface area contributed by atoms with E-state index in [0.29, 0.717) is 16.9 Å². The number of nitrogens with one attached hydrogen (secondary N) is 1. The van der Waals surface area contributed by atoms with E-state index in [1.165, 1.54) is 9.21 Å². The number of benzene rings is 3. The van der Waals surface area contributed by atoms with Crippen molar-refractivity contribution < 1.29 is 18.3 Å². The number of para-hydroxylation sites is 1. The Hall–Kier alpha value is -4.48. The molecule has 39 heavy (non-hydrogen) atoms. The molecule has 0 unspecified atom stereocenters. The molecule has 1 fully saturated rings. The molecule has 1 aliphatic heterocycles. The van der Waals surface area contributed by atoms with E-state index in [-0.39, 0.29) is 31.1 Å². The molecule has 3 aromatic carbocycles. The molecule has 0 saturated carbocycles. The Balaban J connectivity index is 1.39. The van der Waals surface area contributed by atoms with Gasteiger partial charge in [-0.1, -0.05) is 24.3 Å². The number of sulfonamides is 1. The van der Waals surface area contributed by atoms with Crippen LogP contribution in [0.25, 0.3) is 33.1 Å². The number of hydrogen-bond acceptors (Lipinski definition) is 6. The zero-order chi connectivity index (χ0) is 27.1. The molecule has 0 radical (unpaired) electrons. The van der Waals surface area contributed by atoms with Gasteiger partial charge in [0.15, 0.2) is 0 Å². The lowest BCUT2D eigenvalue weighted by molar-refractivity contribution is 0.126. The van der Waals surface area contributed by atoms with Crippen LogP contribution < -0.4 is 5.32 Å². The van der Waals surface area contributed by atoms with Gasteiger partial charge in [0.05, 0.1) is 16.7 Å². The Bertz CT molecular complexity index is 1830. The van der Waals surface area contributed by atoms with Crippen molar-refractivity contribution in [3.8, 4) is 11.1 Å². The fourth-order valence-corrected chi connectivity index (χ4v) is 6.58. The van der Waals surface area contributed by atoms with Crippen LogP contribution in [0.4, 0.5) is 16.2 Å². The SMILES string of the molecule is Cn1ccc2ccc(-c3cc(Nc4ccccc4S(=O)(=O)N4CCN(C(=O)O)CC4)cc4nccnc34)cc21. The Morgan fingerprint density at radius 2 is 1.72 bits per heavy atom. The maximum absolute atomic E-state index is 13.6. The predicted molar refractivity (Wildman–Crippen MR) is 150 cm³/mol. The number of rotatable bonds is 5. The van der Waals surface area contributed by atoms with Crippen LogP contribution in [0.2, 0.25) is 0 Å². The quantitative estimate of drug-likeness (QED) is 0.335. The number of carbonyl (C=O) groups is 1. The number of carboxylic acid groups (broad SMARTS) is 1. The third kappa shape index (κ3) is 4.55. The normalized spacial score (nSPS) is 14.6. The summed E-state index contributed by atoms with van der Waals surface area (Å²) in [5.41, 5.74) is 5.44. The van der Waals surface area contributed by atoms with E-state index in [1.807, 2.05) is 31.4 Å². The van der Waals surface area contributed by atoms with Crippen molar-refractivity contribution in [1.29, 1.82) is 0 Å². The van der Waals surface area contributed by atoms with Gasteiger partial charge >= 0.3 is 6.09 Å². The molecule has 198 valence electrons. The number of aryl methyl sites for hydroxylation is 1. The summed E-state index contributed by atoms with van der Waals surface area (Å²) in [4.78, 5) is 21.7. The van der Waals surface area contributed by atoms with Crippen molar-refractivity contribution in [1.82, 2.24) is 23.7 Å². The minimum atomic E-state index is -3.87. The number of piperazine rings is 1. The summed E-state index contributed by atoms with van der Waals surface area (Å²) in [6, 6.07) is 18.8. The number of aromatic nitrogens is 3. The van der Waals surface area contributed by atoms with Crippen LogP contribution in [0.1, 0.15) is 0 Å². The molecule has 2 aromatic heterocycles. The van der Waals surface area contributed by atoms with Crippen LogP contribution in [-0.2, 0) is 17.1 Å². The fraction of sp³-hybridized carbons (Fsp3) is 0.179. The molecule has 1 aliphatic rings. The van der Waals surface area contributed by atoms with Crippen molar-refractivity contribution in [2.45, 2.75) is 4.90 Å². The molecule has 1 amide bonds. The topological polar surface area (TPSA) is 121 Å². The van der Waals surface area contributed by atoms with E-state index in [2.05, 4.69) is 38.1 Å². The monoisotopic (exact) mass is 542 g/mol. The van der Waals surface area contributed by atoms with Crippen molar-refractivity contribution >= 4 is 49.4 Å². The number of amides is 1. The number of hydrogen-bond donors (Lipinski definition) is 2. The molecular formula is C28H26N6O4S. The molecule has 1 saturated heterocycles. The number of nitrogens with zero attached hydrogens (tertiary/aromatic N) is 5. The third-order valence-electron chi connectivity index (χ3n) is 7.07. The van der Waals surface area contributed by atoms with Gasteiger partial charge in [0.1, 0.15) is 4.90 Å². The Morgan fingerprint density at radius 3 is 2.51 bits per heavy atom. The minimum absolute atomic E-state index is 0.0975. The van der Waals surface area contributed by atoms with Gasteiger partial charge in [-0.05, 0) is 47.3 Å². The standard InChI is InChI=1S/C28H26N6O4S/c1-32-11-8-19-6-7-20(16-25(19)32)22-17-21(18-24-27(22)30-10-9-29-24)31-23-4-2-3-5-26(23)39(37,38)34-14-12-33(13-15-34)28(35)36/h2-11,16-18,31H,12-15H2,1H3,(H,35,36). The fourth-order valence-electron chi connectivity index (χ4n) is 5.01. The lowest BCUT2D eigenvalue weighted by Crippen LogP contribution is -2.50. The van der Waals surface area contributed by atoms with Gasteiger partial charge in [0.25, 0.3) is 0 Å². The second-order valence-corrected chi connectivity index (χ2v) is 11.3. The van der Waals surface area contributed by atoms with Gasteiger partial charge in [-0.15, -0.1) is 0 Å². The summed E-state index contributed by atoms with van der Waals surface area (Å²) in [6.07, 6.45) is 4.26. The molecule has 0 atom stereocenters. The molecule has 0 spiro atoms. The molecule has 0 aliphatic carbocycles. The molecule has 2 N–H and O–H groups in total. The van der Waals surface area contributed by atoms with E-state index in [9.17, 15) is 18.3 Å². The van der Waals surface area contributed by atoms with Gasteiger partial charge in [0.2, 0.25) is 10.0 Å². The second kappa shape index (κ2) is 9.68. The summed E-state index contributed by atoms with van der Waals surface area (Å²) in [5, 5.41) is 13.7. The van der Waals surface area contributed by atoms with Crippen molar-refractivity contribution in [2.75, 3.05) is 31.5 Å². The van der Waals surface area contributed by atoms with E-state index >= 15 is 0 Å².